The average molecular weight is 278 g/mol. The molecule has 1 amide bonds. The number of carbonyl (C=O) groups excluding carboxylic acids is 2. The van der Waals surface area contributed by atoms with Crippen molar-refractivity contribution >= 4 is 11.9 Å². The third kappa shape index (κ3) is 6.33. The van der Waals surface area contributed by atoms with E-state index in [-0.39, 0.29) is 12.5 Å². The number of esters is 1. The molecule has 0 fully saturated rings. The average Bonchev–Trinajstić information content (AvgIpc) is 2.35. The zero-order valence-corrected chi connectivity index (χ0v) is 12.2. The Morgan fingerprint density at radius 3 is 2.40 bits per heavy atom. The molecule has 0 saturated heterocycles. The quantitative estimate of drug-likeness (QED) is 0.788. The second-order valence-corrected chi connectivity index (χ2v) is 5.60. The minimum Gasteiger partial charge on any atom is -0.459 e. The summed E-state index contributed by atoms with van der Waals surface area (Å²) in [6.07, 6.45) is 0.432. The molecule has 0 bridgehead atoms. The maximum absolute atomic E-state index is 11.8. The summed E-state index contributed by atoms with van der Waals surface area (Å²) >= 11 is 0. The number of hydrogen-bond donors (Lipinski definition) is 2. The van der Waals surface area contributed by atoms with E-state index in [4.69, 9.17) is 10.5 Å². The number of ether oxygens (including phenoxy) is 1. The first-order valence-electron chi connectivity index (χ1n) is 6.57. The van der Waals surface area contributed by atoms with Crippen molar-refractivity contribution in [3.8, 4) is 0 Å². The molecular weight excluding hydrogens is 256 g/mol. The zero-order chi connectivity index (χ0) is 15.2. The van der Waals surface area contributed by atoms with Crippen LogP contribution in [-0.4, -0.2) is 30.1 Å². The molecule has 110 valence electrons. The molecular formula is C15H22N2O3. The molecule has 0 heterocycles. The minimum atomic E-state index is -0.681. The molecule has 1 aromatic carbocycles. The van der Waals surface area contributed by atoms with Gasteiger partial charge in [-0.3, -0.25) is 9.59 Å². The van der Waals surface area contributed by atoms with Crippen LogP contribution in [0.25, 0.3) is 0 Å². The highest BCUT2D eigenvalue weighted by Crippen LogP contribution is 2.06. The van der Waals surface area contributed by atoms with E-state index < -0.39 is 17.6 Å². The molecule has 0 aliphatic rings. The van der Waals surface area contributed by atoms with Crippen LogP contribution in [0.4, 0.5) is 0 Å². The number of amides is 1. The van der Waals surface area contributed by atoms with Crippen LogP contribution in [-0.2, 0) is 20.7 Å². The fourth-order valence-electron chi connectivity index (χ4n) is 1.63. The SMILES string of the molecule is CC(C)(C)OC(=O)CNC(=O)[C@@H](N)Cc1ccccc1. The van der Waals surface area contributed by atoms with E-state index in [9.17, 15) is 9.59 Å². The summed E-state index contributed by atoms with van der Waals surface area (Å²) in [5, 5.41) is 2.49. The van der Waals surface area contributed by atoms with Crippen molar-refractivity contribution in [2.45, 2.75) is 38.8 Å². The molecule has 0 aliphatic carbocycles. The van der Waals surface area contributed by atoms with Crippen molar-refractivity contribution in [3.05, 3.63) is 35.9 Å². The Morgan fingerprint density at radius 2 is 1.85 bits per heavy atom. The summed E-state index contributed by atoms with van der Waals surface area (Å²) < 4.78 is 5.09. The molecule has 1 atom stereocenters. The van der Waals surface area contributed by atoms with Crippen LogP contribution < -0.4 is 11.1 Å². The molecule has 5 nitrogen and oxygen atoms in total. The highest BCUT2D eigenvalue weighted by atomic mass is 16.6. The van der Waals surface area contributed by atoms with Gasteiger partial charge in [-0.2, -0.15) is 0 Å². The maximum atomic E-state index is 11.8. The molecule has 0 spiro atoms. The molecule has 0 unspecified atom stereocenters. The Balaban J connectivity index is 2.37. The van der Waals surface area contributed by atoms with E-state index in [1.165, 1.54) is 0 Å². The van der Waals surface area contributed by atoms with E-state index >= 15 is 0 Å². The fourth-order valence-corrected chi connectivity index (χ4v) is 1.63. The third-order valence-corrected chi connectivity index (χ3v) is 2.46. The molecule has 1 rings (SSSR count). The Hall–Kier alpha value is -1.88. The van der Waals surface area contributed by atoms with Crippen LogP contribution in [0.3, 0.4) is 0 Å². The monoisotopic (exact) mass is 278 g/mol. The normalized spacial score (nSPS) is 12.6. The lowest BCUT2D eigenvalue weighted by Crippen LogP contribution is -2.44. The molecule has 3 N–H and O–H groups in total. The zero-order valence-electron chi connectivity index (χ0n) is 12.2. The van der Waals surface area contributed by atoms with Crippen LogP contribution in [0.15, 0.2) is 30.3 Å². The molecule has 20 heavy (non-hydrogen) atoms. The van der Waals surface area contributed by atoms with E-state index in [0.717, 1.165) is 5.56 Å². The first-order valence-corrected chi connectivity index (χ1v) is 6.57. The van der Waals surface area contributed by atoms with Gasteiger partial charge in [-0.05, 0) is 32.8 Å². The number of hydrogen-bond acceptors (Lipinski definition) is 4. The van der Waals surface area contributed by atoms with Gasteiger partial charge in [0.1, 0.15) is 12.1 Å². The van der Waals surface area contributed by atoms with Gasteiger partial charge in [-0.1, -0.05) is 30.3 Å². The van der Waals surface area contributed by atoms with Crippen molar-refractivity contribution in [2.24, 2.45) is 5.73 Å². The smallest absolute Gasteiger partial charge is 0.325 e. The number of nitrogens with one attached hydrogen (secondary N) is 1. The number of benzene rings is 1. The Morgan fingerprint density at radius 1 is 1.25 bits per heavy atom. The van der Waals surface area contributed by atoms with Crippen LogP contribution in [0, 0.1) is 0 Å². The van der Waals surface area contributed by atoms with Crippen molar-refractivity contribution in [3.63, 3.8) is 0 Å². The Labute approximate surface area is 119 Å². The van der Waals surface area contributed by atoms with Crippen LogP contribution in [0.1, 0.15) is 26.3 Å². The summed E-state index contributed by atoms with van der Waals surface area (Å²) in [5.41, 5.74) is 6.22. The van der Waals surface area contributed by atoms with Crippen LogP contribution >= 0.6 is 0 Å². The molecule has 5 heteroatoms. The van der Waals surface area contributed by atoms with Crippen molar-refractivity contribution < 1.29 is 14.3 Å². The van der Waals surface area contributed by atoms with Gasteiger partial charge in [-0.25, -0.2) is 0 Å². The first kappa shape index (κ1) is 16.2. The topological polar surface area (TPSA) is 81.4 Å². The highest BCUT2D eigenvalue weighted by Gasteiger charge is 2.19. The number of nitrogens with two attached hydrogens (primary N) is 1. The van der Waals surface area contributed by atoms with E-state index in [1.807, 2.05) is 30.3 Å². The lowest BCUT2D eigenvalue weighted by atomic mass is 10.1. The summed E-state index contributed by atoms with van der Waals surface area (Å²) in [7, 11) is 0. The lowest BCUT2D eigenvalue weighted by molar-refractivity contribution is -0.154. The third-order valence-electron chi connectivity index (χ3n) is 2.46. The van der Waals surface area contributed by atoms with Crippen LogP contribution in [0.5, 0.6) is 0 Å². The van der Waals surface area contributed by atoms with Crippen LogP contribution in [0.2, 0.25) is 0 Å². The predicted octanol–water partition coefficient (Wildman–Crippen LogP) is 1.01. The van der Waals surface area contributed by atoms with Gasteiger partial charge in [0.25, 0.3) is 0 Å². The van der Waals surface area contributed by atoms with E-state index in [1.54, 1.807) is 20.8 Å². The second-order valence-electron chi connectivity index (χ2n) is 5.60. The van der Waals surface area contributed by atoms with Gasteiger partial charge < -0.3 is 15.8 Å². The molecule has 0 aromatic heterocycles. The second kappa shape index (κ2) is 7.05. The van der Waals surface area contributed by atoms with E-state index in [2.05, 4.69) is 5.32 Å². The summed E-state index contributed by atoms with van der Waals surface area (Å²) in [5.74, 6) is -0.836. The minimum absolute atomic E-state index is 0.168. The van der Waals surface area contributed by atoms with Gasteiger partial charge in [0.05, 0.1) is 6.04 Å². The molecule has 1 aromatic rings. The number of rotatable bonds is 5. The van der Waals surface area contributed by atoms with Gasteiger partial charge in [-0.15, -0.1) is 0 Å². The Kier molecular flexibility index (Phi) is 5.70. The van der Waals surface area contributed by atoms with Crippen molar-refractivity contribution in [1.82, 2.24) is 5.32 Å². The van der Waals surface area contributed by atoms with Gasteiger partial charge in [0.2, 0.25) is 5.91 Å². The summed E-state index contributed by atoms with van der Waals surface area (Å²) in [6, 6.07) is 8.81. The fraction of sp³-hybridized carbons (Fsp3) is 0.467. The number of carbonyl (C=O) groups is 2. The van der Waals surface area contributed by atoms with Crippen molar-refractivity contribution in [2.75, 3.05) is 6.54 Å². The molecule has 0 radical (unpaired) electrons. The lowest BCUT2D eigenvalue weighted by Gasteiger charge is -2.20. The Bertz CT molecular complexity index is 452. The largest absolute Gasteiger partial charge is 0.459 e. The standard InChI is InChI=1S/C15H22N2O3/c1-15(2,3)20-13(18)10-17-14(19)12(16)9-11-7-5-4-6-8-11/h4-8,12H,9-10,16H2,1-3H3,(H,17,19)/t12-/m0/s1. The van der Waals surface area contributed by atoms with Gasteiger partial charge in [0.15, 0.2) is 0 Å². The van der Waals surface area contributed by atoms with E-state index in [0.29, 0.717) is 6.42 Å². The molecule has 0 aliphatic heterocycles. The molecule has 0 saturated carbocycles. The summed E-state index contributed by atoms with van der Waals surface area (Å²) in [6.45, 7) is 5.15. The summed E-state index contributed by atoms with van der Waals surface area (Å²) in [4.78, 5) is 23.2. The first-order chi connectivity index (χ1) is 9.28. The predicted molar refractivity (Wildman–Crippen MR) is 77.0 cm³/mol. The highest BCUT2D eigenvalue weighted by molar-refractivity contribution is 5.85. The van der Waals surface area contributed by atoms with Gasteiger partial charge in [0, 0.05) is 0 Å². The van der Waals surface area contributed by atoms with Crippen molar-refractivity contribution in [1.29, 1.82) is 0 Å². The maximum Gasteiger partial charge on any atom is 0.325 e. The van der Waals surface area contributed by atoms with Gasteiger partial charge >= 0.3 is 5.97 Å².